The van der Waals surface area contributed by atoms with Crippen LogP contribution in [0.5, 0.6) is 0 Å². The zero-order chi connectivity index (χ0) is 28.4. The summed E-state index contributed by atoms with van der Waals surface area (Å²) in [6.45, 7) is 14.1. The summed E-state index contributed by atoms with van der Waals surface area (Å²) < 4.78 is 18.1. The Morgan fingerprint density at radius 1 is 1.18 bits per heavy atom. The van der Waals surface area contributed by atoms with E-state index in [9.17, 15) is 25.2 Å². The van der Waals surface area contributed by atoms with Gasteiger partial charge in [-0.2, -0.15) is 0 Å². The number of carbonyl (C=O) groups is 1. The van der Waals surface area contributed by atoms with E-state index in [-0.39, 0.29) is 30.5 Å². The molecule has 9 atom stereocenters. The SMILES string of the molecule is C/C=C(/C)C(=O)O[C@@H]1[C@@H](O[C@@H]2OC[C@@H](O)[C@H](O)[C@H]2O)C[C@@]2(C)[C@H](CC/C(C)=C/CO)C(C)=CC[C@@H]2C1(C)C. The van der Waals surface area contributed by atoms with Gasteiger partial charge < -0.3 is 34.6 Å². The maximum absolute atomic E-state index is 13.0. The number of ether oxygens (including phenoxy) is 3. The van der Waals surface area contributed by atoms with Gasteiger partial charge in [0.2, 0.25) is 0 Å². The molecule has 2 aliphatic carbocycles. The summed E-state index contributed by atoms with van der Waals surface area (Å²) in [5.41, 5.74) is 2.29. The first-order chi connectivity index (χ1) is 17.8. The van der Waals surface area contributed by atoms with E-state index in [0.29, 0.717) is 12.0 Å². The zero-order valence-corrected chi connectivity index (χ0v) is 24.0. The topological polar surface area (TPSA) is 126 Å². The van der Waals surface area contributed by atoms with Gasteiger partial charge in [-0.1, -0.05) is 50.1 Å². The predicted octanol–water partition coefficient (Wildman–Crippen LogP) is 3.43. The van der Waals surface area contributed by atoms with E-state index in [1.54, 1.807) is 19.9 Å². The lowest BCUT2D eigenvalue weighted by atomic mass is 9.46. The van der Waals surface area contributed by atoms with E-state index in [0.717, 1.165) is 24.8 Å². The van der Waals surface area contributed by atoms with Crippen LogP contribution in [0.1, 0.15) is 74.1 Å². The highest BCUT2D eigenvalue weighted by atomic mass is 16.7. The molecule has 1 heterocycles. The number of aliphatic hydroxyl groups is 4. The quantitative estimate of drug-likeness (QED) is 0.211. The molecule has 0 aromatic carbocycles. The Hall–Kier alpha value is -1.55. The van der Waals surface area contributed by atoms with Crippen molar-refractivity contribution < 1.29 is 39.4 Å². The summed E-state index contributed by atoms with van der Waals surface area (Å²) in [5.74, 6) is 0.0263. The van der Waals surface area contributed by atoms with Gasteiger partial charge in [0.15, 0.2) is 6.29 Å². The molecule has 0 amide bonds. The molecule has 0 unspecified atom stereocenters. The van der Waals surface area contributed by atoms with Crippen LogP contribution in [0.2, 0.25) is 0 Å². The summed E-state index contributed by atoms with van der Waals surface area (Å²) in [6.07, 6.45) is 2.65. The first-order valence-corrected chi connectivity index (χ1v) is 13.9. The summed E-state index contributed by atoms with van der Waals surface area (Å²) in [7, 11) is 0. The predicted molar refractivity (Wildman–Crippen MR) is 144 cm³/mol. The first kappa shape index (κ1) is 31.0. The minimum absolute atomic E-state index is 0.0249. The third kappa shape index (κ3) is 6.11. The highest BCUT2D eigenvalue weighted by molar-refractivity contribution is 5.87. The molecule has 2 fully saturated rings. The molecule has 3 rings (SSSR count). The average Bonchev–Trinajstić information content (AvgIpc) is 2.85. The molecular weight excluding hydrogens is 488 g/mol. The third-order valence-electron chi connectivity index (χ3n) is 9.45. The largest absolute Gasteiger partial charge is 0.456 e. The van der Waals surface area contributed by atoms with Gasteiger partial charge >= 0.3 is 5.97 Å². The molecule has 0 bridgehead atoms. The fourth-order valence-corrected chi connectivity index (χ4v) is 7.07. The Kier molecular flexibility index (Phi) is 10.0. The standard InChI is InChI=1S/C30H48O8/c1-8-18(3)27(35)38-26-22(37-28-25(34)24(33)21(32)16-36-28)15-30(7)20(11-9-17(2)13-14-31)19(4)10-12-23(30)29(26,5)6/h8,10,13,20-26,28,31-34H,9,11-12,14-16H2,1-7H3/b17-13+,18-8-/t20-,21-,22+,23-,24+,25-,26-,28+,30+/m1/s1. The van der Waals surface area contributed by atoms with Gasteiger partial charge in [0.25, 0.3) is 0 Å². The van der Waals surface area contributed by atoms with Crippen LogP contribution in [0, 0.1) is 22.7 Å². The first-order valence-electron chi connectivity index (χ1n) is 13.9. The van der Waals surface area contributed by atoms with Gasteiger partial charge in [0, 0.05) is 11.0 Å². The number of hydrogen-bond donors (Lipinski definition) is 4. The Morgan fingerprint density at radius 2 is 1.87 bits per heavy atom. The second-order valence-corrected chi connectivity index (χ2v) is 12.3. The van der Waals surface area contributed by atoms with Crippen molar-refractivity contribution in [1.82, 2.24) is 0 Å². The van der Waals surface area contributed by atoms with Crippen LogP contribution in [-0.2, 0) is 19.0 Å². The van der Waals surface area contributed by atoms with Crippen molar-refractivity contribution in [3.63, 3.8) is 0 Å². The Labute approximate surface area is 227 Å². The lowest BCUT2D eigenvalue weighted by Gasteiger charge is -2.61. The smallest absolute Gasteiger partial charge is 0.333 e. The number of carbonyl (C=O) groups excluding carboxylic acids is 1. The summed E-state index contributed by atoms with van der Waals surface area (Å²) in [6, 6.07) is 0. The number of esters is 1. The van der Waals surface area contributed by atoms with Crippen molar-refractivity contribution in [2.45, 2.75) is 111 Å². The molecule has 8 heteroatoms. The van der Waals surface area contributed by atoms with Gasteiger partial charge in [-0.3, -0.25) is 0 Å². The van der Waals surface area contributed by atoms with Crippen LogP contribution in [0.15, 0.2) is 34.9 Å². The van der Waals surface area contributed by atoms with Crippen LogP contribution in [0.3, 0.4) is 0 Å². The number of fused-ring (bicyclic) bond motifs is 1. The molecule has 1 aliphatic heterocycles. The molecule has 3 aliphatic rings. The van der Waals surface area contributed by atoms with E-state index >= 15 is 0 Å². The maximum atomic E-state index is 13.0. The van der Waals surface area contributed by atoms with Crippen molar-refractivity contribution in [1.29, 1.82) is 0 Å². The molecule has 4 N–H and O–H groups in total. The lowest BCUT2D eigenvalue weighted by Crippen LogP contribution is -2.63. The van der Waals surface area contributed by atoms with E-state index in [2.05, 4.69) is 33.8 Å². The zero-order valence-electron chi connectivity index (χ0n) is 24.0. The normalized spacial score (nSPS) is 39.8. The van der Waals surface area contributed by atoms with E-state index in [1.807, 2.05) is 13.0 Å². The number of aliphatic hydroxyl groups excluding tert-OH is 4. The highest BCUT2D eigenvalue weighted by Gasteiger charge is 2.61. The van der Waals surface area contributed by atoms with Crippen molar-refractivity contribution in [3.05, 3.63) is 34.9 Å². The molecule has 0 aromatic heterocycles. The molecular formula is C30H48O8. The molecule has 0 aromatic rings. The van der Waals surface area contributed by atoms with Crippen LogP contribution in [0.25, 0.3) is 0 Å². The lowest BCUT2D eigenvalue weighted by molar-refractivity contribution is -0.310. The Morgan fingerprint density at radius 3 is 2.50 bits per heavy atom. The van der Waals surface area contributed by atoms with Gasteiger partial charge in [-0.15, -0.1) is 0 Å². The van der Waals surface area contributed by atoms with Crippen LogP contribution in [0.4, 0.5) is 0 Å². The third-order valence-corrected chi connectivity index (χ3v) is 9.45. The molecule has 1 saturated carbocycles. The van der Waals surface area contributed by atoms with Gasteiger partial charge in [-0.25, -0.2) is 4.79 Å². The minimum Gasteiger partial charge on any atom is -0.456 e. The van der Waals surface area contributed by atoms with Crippen molar-refractivity contribution in [2.24, 2.45) is 22.7 Å². The summed E-state index contributed by atoms with van der Waals surface area (Å²) >= 11 is 0. The van der Waals surface area contributed by atoms with Crippen molar-refractivity contribution in [2.75, 3.05) is 13.2 Å². The van der Waals surface area contributed by atoms with Crippen LogP contribution < -0.4 is 0 Å². The van der Waals surface area contributed by atoms with E-state index in [4.69, 9.17) is 14.2 Å². The molecule has 8 nitrogen and oxygen atoms in total. The van der Waals surface area contributed by atoms with Gasteiger partial charge in [-0.05, 0) is 70.6 Å². The van der Waals surface area contributed by atoms with Gasteiger partial charge in [0.1, 0.15) is 24.4 Å². The Bertz CT molecular complexity index is 937. The fraction of sp³-hybridized carbons (Fsp3) is 0.767. The molecule has 0 radical (unpaired) electrons. The molecule has 216 valence electrons. The van der Waals surface area contributed by atoms with Crippen molar-refractivity contribution >= 4 is 5.97 Å². The molecule has 0 spiro atoms. The summed E-state index contributed by atoms with van der Waals surface area (Å²) in [5, 5.41) is 40.1. The van der Waals surface area contributed by atoms with E-state index < -0.39 is 48.2 Å². The summed E-state index contributed by atoms with van der Waals surface area (Å²) in [4.78, 5) is 13.0. The number of rotatable bonds is 8. The number of allylic oxidation sites excluding steroid dienone is 4. The van der Waals surface area contributed by atoms with Crippen molar-refractivity contribution in [3.8, 4) is 0 Å². The highest BCUT2D eigenvalue weighted by Crippen LogP contribution is 2.62. The van der Waals surface area contributed by atoms with Crippen LogP contribution in [-0.4, -0.2) is 76.4 Å². The van der Waals surface area contributed by atoms with Gasteiger partial charge in [0.05, 0.1) is 19.3 Å². The second-order valence-electron chi connectivity index (χ2n) is 12.3. The monoisotopic (exact) mass is 536 g/mol. The average molecular weight is 537 g/mol. The fourth-order valence-electron chi connectivity index (χ4n) is 7.07. The van der Waals surface area contributed by atoms with Crippen LogP contribution >= 0.6 is 0 Å². The molecule has 1 saturated heterocycles. The second kappa shape index (κ2) is 12.3. The molecule has 38 heavy (non-hydrogen) atoms. The maximum Gasteiger partial charge on any atom is 0.333 e. The number of hydrogen-bond acceptors (Lipinski definition) is 8. The minimum atomic E-state index is -1.43. The Balaban J connectivity index is 1.99. The van der Waals surface area contributed by atoms with E-state index in [1.165, 1.54) is 5.57 Å².